The van der Waals surface area contributed by atoms with Crippen molar-refractivity contribution in [3.05, 3.63) is 150 Å². The first-order valence-corrected chi connectivity index (χ1v) is 28.6. The van der Waals surface area contributed by atoms with E-state index in [1.165, 1.54) is 55.6 Å². The van der Waals surface area contributed by atoms with Gasteiger partial charge < -0.3 is 34.0 Å². The number of aliphatic hydroxyl groups is 2. The molecule has 0 radical (unpaired) electrons. The molecule has 4 aromatic rings. The summed E-state index contributed by atoms with van der Waals surface area (Å²) >= 11 is 1.74. The van der Waals surface area contributed by atoms with Gasteiger partial charge in [0.15, 0.2) is 0 Å². The van der Waals surface area contributed by atoms with Crippen molar-refractivity contribution >= 4 is 23.6 Å². The van der Waals surface area contributed by atoms with E-state index < -0.39 is 23.8 Å². The molecule has 400 valence electrons. The fourth-order valence-electron chi connectivity index (χ4n) is 11.3. The molecule has 1 fully saturated rings. The SMILES string of the molecule is C=CCOC12Oc3ccc(OCCSc4ccccc4)cc3C3C(CCCCO)C(CCCCO)C=C(C(=NOCc4ccccc4)CC1N(Cc1ccc(F)cc1)C(=O)OCCCCCCCCCCCC)C32. The molecule has 10 nitrogen and oxygen atoms in total. The zero-order valence-electron chi connectivity index (χ0n) is 43.8. The van der Waals surface area contributed by atoms with Crippen molar-refractivity contribution in [1.82, 2.24) is 4.90 Å². The van der Waals surface area contributed by atoms with E-state index in [4.69, 9.17) is 28.9 Å². The Hall–Kier alpha value is -5.14. The number of amides is 1. The lowest BCUT2D eigenvalue weighted by atomic mass is 9.55. The second-order valence-electron chi connectivity index (χ2n) is 20.1. The van der Waals surface area contributed by atoms with Crippen LogP contribution in [0.1, 0.15) is 139 Å². The van der Waals surface area contributed by atoms with Gasteiger partial charge in [0, 0.05) is 48.3 Å². The summed E-state index contributed by atoms with van der Waals surface area (Å²) in [5.74, 6) is -0.407. The molecule has 4 aromatic carbocycles. The number of hydrogen-bond donors (Lipinski definition) is 2. The molecule has 0 saturated heterocycles. The third-order valence-corrected chi connectivity index (χ3v) is 15.8. The van der Waals surface area contributed by atoms with Crippen molar-refractivity contribution < 1.29 is 43.2 Å². The van der Waals surface area contributed by atoms with E-state index in [2.05, 4.69) is 37.8 Å². The number of allylic oxidation sites excluding steroid dienone is 1. The summed E-state index contributed by atoms with van der Waals surface area (Å²) in [6, 6.07) is 31.7. The van der Waals surface area contributed by atoms with Crippen LogP contribution < -0.4 is 9.47 Å². The lowest BCUT2D eigenvalue weighted by Crippen LogP contribution is -2.70. The van der Waals surface area contributed by atoms with Crippen LogP contribution in [0.2, 0.25) is 0 Å². The normalized spacial score (nSPS) is 21.2. The standard InChI is InChI=1S/C62H81FN2O8S/c1-3-5-6-7-8-9-10-11-12-23-39-70-61(68)65(45-47-30-32-50(63)33-31-47)58-44-56(64-72-46-48-24-15-13-16-25-48)54-42-49(26-19-21-36-66)53(29-20-22-37-67)59-55-43-51(69-40-41-74-52-27-17-14-18-28-52)34-35-57(55)73-62(58,60(54)59)71-38-4-2/h4,13-18,24-25,27-28,30-35,42-43,49,53,58-60,66-67H,2-3,5-12,19-23,26,29,36-41,44-46H2,1H3. The third-order valence-electron chi connectivity index (χ3n) is 14.9. The van der Waals surface area contributed by atoms with E-state index in [0.717, 1.165) is 85.1 Å². The maximum atomic E-state index is 15.1. The highest BCUT2D eigenvalue weighted by Crippen LogP contribution is 2.62. The molecule has 2 aliphatic carbocycles. The molecule has 1 aliphatic heterocycles. The molecule has 0 aromatic heterocycles. The Bertz CT molecular complexity index is 2350. The Morgan fingerprint density at radius 3 is 2.22 bits per heavy atom. The van der Waals surface area contributed by atoms with Gasteiger partial charge in [-0.2, -0.15) is 0 Å². The van der Waals surface area contributed by atoms with Crippen LogP contribution in [0.4, 0.5) is 9.18 Å². The molecular weight excluding hydrogens is 952 g/mol. The first-order chi connectivity index (χ1) is 36.4. The van der Waals surface area contributed by atoms with Gasteiger partial charge in [0.2, 0.25) is 5.79 Å². The van der Waals surface area contributed by atoms with Gasteiger partial charge in [0.05, 0.1) is 31.5 Å². The average molecular weight is 1030 g/mol. The molecule has 6 atom stereocenters. The highest BCUT2D eigenvalue weighted by atomic mass is 32.2. The van der Waals surface area contributed by atoms with Gasteiger partial charge in [0.25, 0.3) is 0 Å². The predicted molar refractivity (Wildman–Crippen MR) is 294 cm³/mol. The number of benzene rings is 4. The summed E-state index contributed by atoms with van der Waals surface area (Å²) in [7, 11) is 0. The van der Waals surface area contributed by atoms with Crippen LogP contribution in [0, 0.1) is 23.6 Å². The smallest absolute Gasteiger partial charge is 0.410 e. The summed E-state index contributed by atoms with van der Waals surface area (Å²) in [6.07, 6.45) is 19.8. The van der Waals surface area contributed by atoms with Crippen LogP contribution in [0.15, 0.2) is 137 Å². The number of aliphatic hydroxyl groups excluding tert-OH is 2. The Kier molecular flexibility index (Phi) is 23.3. The molecule has 1 saturated carbocycles. The molecule has 3 aliphatic rings. The van der Waals surface area contributed by atoms with Gasteiger partial charge >= 0.3 is 6.09 Å². The van der Waals surface area contributed by atoms with Gasteiger partial charge in [-0.15, -0.1) is 18.3 Å². The zero-order chi connectivity index (χ0) is 51.8. The number of unbranched alkanes of at least 4 members (excludes halogenated alkanes) is 11. The van der Waals surface area contributed by atoms with Crippen LogP contribution in [-0.4, -0.2) is 77.5 Å². The minimum atomic E-state index is -1.49. The van der Waals surface area contributed by atoms with Crippen LogP contribution in [0.3, 0.4) is 0 Å². The van der Waals surface area contributed by atoms with Crippen molar-refractivity contribution in [3.8, 4) is 11.5 Å². The minimum Gasteiger partial charge on any atom is -0.493 e. The van der Waals surface area contributed by atoms with E-state index in [-0.39, 0.29) is 69.6 Å². The van der Waals surface area contributed by atoms with Gasteiger partial charge in [-0.3, -0.25) is 4.90 Å². The number of oxime groups is 1. The fraction of sp³-hybridized carbons (Fsp3) is 0.516. The molecule has 1 amide bonds. The zero-order valence-corrected chi connectivity index (χ0v) is 44.6. The molecule has 74 heavy (non-hydrogen) atoms. The minimum absolute atomic E-state index is 0.0336. The molecule has 2 N–H and O–H groups in total. The first-order valence-electron chi connectivity index (χ1n) is 27.6. The molecule has 0 spiro atoms. The number of hydrogen-bond acceptors (Lipinski definition) is 10. The van der Waals surface area contributed by atoms with E-state index in [1.807, 2.05) is 60.7 Å². The van der Waals surface area contributed by atoms with E-state index in [9.17, 15) is 14.6 Å². The summed E-state index contributed by atoms with van der Waals surface area (Å²) in [4.78, 5) is 24.3. The highest BCUT2D eigenvalue weighted by Gasteiger charge is 2.65. The van der Waals surface area contributed by atoms with Crippen molar-refractivity contribution in [2.75, 3.05) is 38.8 Å². The van der Waals surface area contributed by atoms with Crippen molar-refractivity contribution in [2.24, 2.45) is 22.9 Å². The number of carbonyl (C=O) groups excluding carboxylic acids is 1. The Morgan fingerprint density at radius 1 is 0.824 bits per heavy atom. The van der Waals surface area contributed by atoms with E-state index in [1.54, 1.807) is 34.9 Å². The van der Waals surface area contributed by atoms with Gasteiger partial charge in [0.1, 0.15) is 30.0 Å². The van der Waals surface area contributed by atoms with Gasteiger partial charge in [-0.25, -0.2) is 9.18 Å². The maximum Gasteiger partial charge on any atom is 0.410 e. The van der Waals surface area contributed by atoms with Gasteiger partial charge in [-0.05, 0) is 103 Å². The summed E-state index contributed by atoms with van der Waals surface area (Å²) < 4.78 is 42.1. The van der Waals surface area contributed by atoms with Crippen LogP contribution >= 0.6 is 11.8 Å². The van der Waals surface area contributed by atoms with Crippen molar-refractivity contribution in [3.63, 3.8) is 0 Å². The largest absolute Gasteiger partial charge is 0.493 e. The number of rotatable bonds is 33. The molecular formula is C62H81FN2O8S. The van der Waals surface area contributed by atoms with Crippen LogP contribution in [0.25, 0.3) is 0 Å². The maximum absolute atomic E-state index is 15.1. The average Bonchev–Trinajstić information content (AvgIpc) is 3.42. The number of halogens is 1. The van der Waals surface area contributed by atoms with Gasteiger partial charge in [-0.1, -0.05) is 156 Å². The van der Waals surface area contributed by atoms with E-state index in [0.29, 0.717) is 30.9 Å². The molecule has 6 unspecified atom stereocenters. The Morgan fingerprint density at radius 2 is 1.51 bits per heavy atom. The predicted octanol–water partition coefficient (Wildman–Crippen LogP) is 14.4. The van der Waals surface area contributed by atoms with Crippen LogP contribution in [0.5, 0.6) is 11.5 Å². The number of thioether (sulfide) groups is 1. The van der Waals surface area contributed by atoms with E-state index >= 15 is 4.79 Å². The highest BCUT2D eigenvalue weighted by molar-refractivity contribution is 7.99. The monoisotopic (exact) mass is 1030 g/mol. The second-order valence-corrected chi connectivity index (χ2v) is 21.3. The van der Waals surface area contributed by atoms with Crippen molar-refractivity contribution in [1.29, 1.82) is 0 Å². The molecule has 7 rings (SSSR count). The first kappa shape index (κ1) is 56.6. The number of fused-ring (bicyclic) bond motifs is 2. The quantitative estimate of drug-likeness (QED) is 0.0208. The Labute approximate surface area is 444 Å². The fourth-order valence-corrected chi connectivity index (χ4v) is 12.0. The van der Waals surface area contributed by atoms with Crippen molar-refractivity contribution in [2.45, 2.75) is 152 Å². The second kappa shape index (κ2) is 30.4. The topological polar surface area (TPSA) is 119 Å². The molecule has 1 heterocycles. The number of carbonyl (C=O) groups is 1. The third kappa shape index (κ3) is 15.7. The number of nitrogens with zero attached hydrogens (tertiary/aromatic N) is 2. The lowest BCUT2D eigenvalue weighted by molar-refractivity contribution is -0.256. The summed E-state index contributed by atoms with van der Waals surface area (Å²) in [6.45, 7) is 7.71. The van der Waals surface area contributed by atoms with Crippen LogP contribution in [-0.2, 0) is 27.5 Å². The Balaban J connectivity index is 1.31. The number of ether oxygens (including phenoxy) is 4. The summed E-state index contributed by atoms with van der Waals surface area (Å²) in [5.41, 5.74) is 4.28. The lowest BCUT2D eigenvalue weighted by Gasteiger charge is -2.59. The molecule has 0 bridgehead atoms. The molecule has 12 heteroatoms. The summed E-state index contributed by atoms with van der Waals surface area (Å²) in [5, 5.41) is 25.2.